The van der Waals surface area contributed by atoms with Gasteiger partial charge in [0.25, 0.3) is 0 Å². The Kier molecular flexibility index (Phi) is 5.18. The monoisotopic (exact) mass is 403 g/mol. The molecule has 0 radical (unpaired) electrons. The van der Waals surface area contributed by atoms with E-state index >= 15 is 0 Å². The largest absolute Gasteiger partial charge is 0.497 e. The number of carbonyl (C=O) groups excluding carboxylic acids is 1. The Morgan fingerprint density at radius 3 is 2.88 bits per heavy atom. The highest BCUT2D eigenvalue weighted by Crippen LogP contribution is 2.16. The summed E-state index contributed by atoms with van der Waals surface area (Å²) in [6, 6.07) is 7.36. The fourth-order valence-corrected chi connectivity index (χ4v) is 2.67. The predicted molar refractivity (Wildman–Crippen MR) is 97.6 cm³/mol. The van der Waals surface area contributed by atoms with Crippen LogP contribution in [-0.2, 0) is 11.3 Å². The minimum atomic E-state index is -0.423. The van der Waals surface area contributed by atoms with E-state index in [1.807, 2.05) is 24.3 Å². The van der Waals surface area contributed by atoms with Gasteiger partial charge in [-0.15, -0.1) is 0 Å². The first-order valence-corrected chi connectivity index (χ1v) is 8.50. The van der Waals surface area contributed by atoms with E-state index in [0.29, 0.717) is 12.2 Å². The van der Waals surface area contributed by atoms with Crippen LogP contribution in [0.2, 0.25) is 0 Å². The van der Waals surface area contributed by atoms with E-state index < -0.39 is 6.04 Å². The number of hydrogen-bond acceptors (Lipinski definition) is 4. The molecule has 130 valence electrons. The predicted octanol–water partition coefficient (Wildman–Crippen LogP) is 3.10. The Morgan fingerprint density at radius 2 is 2.16 bits per heavy atom. The van der Waals surface area contributed by atoms with Crippen LogP contribution in [0.4, 0.5) is 5.69 Å². The molecule has 0 bridgehead atoms. The number of benzene rings is 1. The third-order valence-electron chi connectivity index (χ3n) is 3.73. The van der Waals surface area contributed by atoms with Crippen molar-refractivity contribution in [1.29, 1.82) is 0 Å². The number of rotatable bonds is 6. The number of aromatic nitrogens is 4. The normalized spacial score (nSPS) is 12.0. The third-order valence-corrected chi connectivity index (χ3v) is 4.14. The van der Waals surface area contributed by atoms with Crippen LogP contribution in [0.1, 0.15) is 18.5 Å². The molecule has 1 atom stereocenters. The summed E-state index contributed by atoms with van der Waals surface area (Å²) in [4.78, 5) is 12.3. The number of hydrogen-bond donors (Lipinski definition) is 1. The van der Waals surface area contributed by atoms with Gasteiger partial charge in [0.2, 0.25) is 5.91 Å². The maximum absolute atomic E-state index is 12.3. The zero-order valence-electron chi connectivity index (χ0n) is 13.9. The second-order valence-electron chi connectivity index (χ2n) is 5.58. The van der Waals surface area contributed by atoms with Gasteiger partial charge in [0.1, 0.15) is 11.8 Å². The minimum Gasteiger partial charge on any atom is -0.497 e. The van der Waals surface area contributed by atoms with E-state index in [1.54, 1.807) is 48.2 Å². The van der Waals surface area contributed by atoms with Crippen molar-refractivity contribution in [3.8, 4) is 5.75 Å². The molecule has 8 heteroatoms. The van der Waals surface area contributed by atoms with Crippen LogP contribution in [0.15, 0.2) is 53.5 Å². The van der Waals surface area contributed by atoms with Gasteiger partial charge in [0, 0.05) is 12.4 Å². The van der Waals surface area contributed by atoms with Crippen LogP contribution in [0.5, 0.6) is 5.75 Å². The average molecular weight is 404 g/mol. The first kappa shape index (κ1) is 17.2. The number of halogens is 1. The molecule has 0 aliphatic rings. The molecule has 0 saturated carbocycles. The van der Waals surface area contributed by atoms with Gasteiger partial charge in [-0.3, -0.25) is 14.2 Å². The first-order valence-electron chi connectivity index (χ1n) is 7.71. The lowest BCUT2D eigenvalue weighted by Gasteiger charge is -2.11. The number of ether oxygens (including phenoxy) is 1. The highest BCUT2D eigenvalue weighted by Gasteiger charge is 2.16. The number of methoxy groups -OCH3 is 1. The molecule has 25 heavy (non-hydrogen) atoms. The van der Waals surface area contributed by atoms with Gasteiger partial charge in [-0.2, -0.15) is 10.2 Å². The molecule has 0 aliphatic carbocycles. The minimum absolute atomic E-state index is 0.156. The van der Waals surface area contributed by atoms with Crippen molar-refractivity contribution < 1.29 is 9.53 Å². The van der Waals surface area contributed by atoms with Crippen molar-refractivity contribution in [3.05, 3.63) is 59.1 Å². The molecular formula is C17H18BrN5O2. The summed E-state index contributed by atoms with van der Waals surface area (Å²) in [5.41, 5.74) is 1.71. The molecule has 2 heterocycles. The molecule has 7 nitrogen and oxygen atoms in total. The van der Waals surface area contributed by atoms with E-state index in [2.05, 4.69) is 31.4 Å². The summed E-state index contributed by atoms with van der Waals surface area (Å²) < 4.78 is 9.41. The van der Waals surface area contributed by atoms with Gasteiger partial charge in [-0.25, -0.2) is 0 Å². The molecule has 1 N–H and O–H groups in total. The van der Waals surface area contributed by atoms with Gasteiger partial charge in [0.15, 0.2) is 0 Å². The summed E-state index contributed by atoms with van der Waals surface area (Å²) >= 11 is 3.32. The SMILES string of the molecule is COc1cccc(Cn2cc(NC(=O)C(C)n3cc(Br)cn3)cn2)c1. The van der Waals surface area contributed by atoms with E-state index in [9.17, 15) is 4.79 Å². The fourth-order valence-electron chi connectivity index (χ4n) is 2.37. The number of nitrogens with one attached hydrogen (secondary N) is 1. The van der Waals surface area contributed by atoms with Crippen LogP contribution in [0.25, 0.3) is 0 Å². The average Bonchev–Trinajstić information content (AvgIpc) is 3.23. The molecule has 3 rings (SSSR count). The number of carbonyl (C=O) groups is 1. The molecule has 0 spiro atoms. The zero-order valence-corrected chi connectivity index (χ0v) is 15.5. The quantitative estimate of drug-likeness (QED) is 0.685. The van der Waals surface area contributed by atoms with Gasteiger partial charge >= 0.3 is 0 Å². The van der Waals surface area contributed by atoms with Gasteiger partial charge < -0.3 is 10.1 Å². The second-order valence-corrected chi connectivity index (χ2v) is 6.50. The summed E-state index contributed by atoms with van der Waals surface area (Å²) in [5.74, 6) is 0.647. The highest BCUT2D eigenvalue weighted by molar-refractivity contribution is 9.10. The van der Waals surface area contributed by atoms with Crippen molar-refractivity contribution in [2.75, 3.05) is 12.4 Å². The molecule has 1 unspecified atom stereocenters. The Balaban J connectivity index is 1.64. The lowest BCUT2D eigenvalue weighted by Crippen LogP contribution is -2.23. The van der Waals surface area contributed by atoms with E-state index in [1.165, 1.54) is 0 Å². The summed E-state index contributed by atoms with van der Waals surface area (Å²) in [7, 11) is 1.64. The van der Waals surface area contributed by atoms with E-state index in [0.717, 1.165) is 15.8 Å². The fraction of sp³-hybridized carbons (Fsp3) is 0.235. The van der Waals surface area contributed by atoms with Crippen LogP contribution in [-0.4, -0.2) is 32.6 Å². The molecule has 0 fully saturated rings. The lowest BCUT2D eigenvalue weighted by atomic mass is 10.2. The standard InChI is InChI=1S/C17H18BrN5O2/c1-12(23-10-14(18)7-20-23)17(24)21-15-8-19-22(11-15)9-13-4-3-5-16(6-13)25-2/h3-8,10-12H,9H2,1-2H3,(H,21,24). The smallest absolute Gasteiger partial charge is 0.249 e. The molecule has 1 amide bonds. The second kappa shape index (κ2) is 7.52. The maximum Gasteiger partial charge on any atom is 0.249 e. The Bertz CT molecular complexity index is 873. The molecule has 1 aromatic carbocycles. The molecule has 2 aromatic heterocycles. The van der Waals surface area contributed by atoms with Gasteiger partial charge in [-0.05, 0) is 40.5 Å². The van der Waals surface area contributed by atoms with Crippen LogP contribution < -0.4 is 10.1 Å². The molecule has 0 saturated heterocycles. The Hall–Kier alpha value is -2.61. The Morgan fingerprint density at radius 1 is 1.32 bits per heavy atom. The van der Waals surface area contributed by atoms with Crippen LogP contribution in [0.3, 0.4) is 0 Å². The summed E-state index contributed by atoms with van der Waals surface area (Å²) in [5, 5.41) is 11.3. The van der Waals surface area contributed by atoms with Gasteiger partial charge in [-0.1, -0.05) is 12.1 Å². The third kappa shape index (κ3) is 4.27. The van der Waals surface area contributed by atoms with E-state index in [-0.39, 0.29) is 5.91 Å². The number of anilines is 1. The zero-order chi connectivity index (χ0) is 17.8. The number of amides is 1. The maximum atomic E-state index is 12.3. The lowest BCUT2D eigenvalue weighted by molar-refractivity contribution is -0.119. The summed E-state index contributed by atoms with van der Waals surface area (Å²) in [6.07, 6.45) is 6.83. The molecule has 0 aliphatic heterocycles. The number of nitrogens with zero attached hydrogens (tertiary/aromatic N) is 4. The van der Waals surface area contributed by atoms with Crippen molar-refractivity contribution in [1.82, 2.24) is 19.6 Å². The topological polar surface area (TPSA) is 74.0 Å². The Labute approximate surface area is 153 Å². The van der Waals surface area contributed by atoms with Crippen LogP contribution in [0, 0.1) is 0 Å². The first-order chi connectivity index (χ1) is 12.0. The van der Waals surface area contributed by atoms with Crippen molar-refractivity contribution in [2.24, 2.45) is 0 Å². The highest BCUT2D eigenvalue weighted by atomic mass is 79.9. The molecular weight excluding hydrogens is 386 g/mol. The summed E-state index contributed by atoms with van der Waals surface area (Å²) in [6.45, 7) is 2.38. The van der Waals surface area contributed by atoms with Crippen molar-refractivity contribution >= 4 is 27.5 Å². The van der Waals surface area contributed by atoms with Crippen LogP contribution >= 0.6 is 15.9 Å². The van der Waals surface area contributed by atoms with Gasteiger partial charge in [0.05, 0.1) is 36.2 Å². The van der Waals surface area contributed by atoms with E-state index in [4.69, 9.17) is 4.74 Å². The van der Waals surface area contributed by atoms with Crippen molar-refractivity contribution in [2.45, 2.75) is 19.5 Å². The van der Waals surface area contributed by atoms with Crippen molar-refractivity contribution in [3.63, 3.8) is 0 Å². The molecule has 3 aromatic rings.